The van der Waals surface area contributed by atoms with Gasteiger partial charge in [0.25, 0.3) is 0 Å². The molecule has 0 fully saturated rings. The van der Waals surface area contributed by atoms with Crippen LogP contribution in [0.4, 0.5) is 0 Å². The summed E-state index contributed by atoms with van der Waals surface area (Å²) >= 11 is 0. The molecule has 0 aliphatic carbocycles. The number of nitrogens with two attached hydrogens (primary N) is 1. The zero-order valence-corrected chi connectivity index (χ0v) is 11.7. The molecule has 2 N–H and O–H groups in total. The number of nitrogens with zero attached hydrogens (tertiary/aromatic N) is 2. The van der Waals surface area contributed by atoms with Crippen LogP contribution in [0, 0.1) is 5.92 Å². The number of rotatable bonds is 10. The van der Waals surface area contributed by atoms with E-state index in [9.17, 15) is 0 Å². The number of hydrogen-bond donors (Lipinski definition) is 1. The van der Waals surface area contributed by atoms with Crippen molar-refractivity contribution >= 4 is 0 Å². The lowest BCUT2D eigenvalue weighted by atomic mass is 10.0. The van der Waals surface area contributed by atoms with Crippen molar-refractivity contribution in [2.24, 2.45) is 11.7 Å². The van der Waals surface area contributed by atoms with Crippen LogP contribution in [0.25, 0.3) is 0 Å². The van der Waals surface area contributed by atoms with E-state index in [0.29, 0.717) is 0 Å². The first kappa shape index (κ1) is 15.9. The lowest BCUT2D eigenvalue weighted by Crippen LogP contribution is -2.35. The van der Waals surface area contributed by atoms with Gasteiger partial charge in [0.1, 0.15) is 0 Å². The highest BCUT2D eigenvalue weighted by Crippen LogP contribution is 2.07. The van der Waals surface area contributed by atoms with Gasteiger partial charge in [0.2, 0.25) is 0 Å². The molecule has 0 spiro atoms. The molecule has 0 saturated heterocycles. The summed E-state index contributed by atoms with van der Waals surface area (Å²) in [5.41, 5.74) is 5.54. The second kappa shape index (κ2) is 10.1. The Morgan fingerprint density at radius 3 is 2.31 bits per heavy atom. The topological polar surface area (TPSA) is 32.5 Å². The van der Waals surface area contributed by atoms with E-state index in [4.69, 9.17) is 5.73 Å². The zero-order chi connectivity index (χ0) is 12.4. The van der Waals surface area contributed by atoms with Crippen LogP contribution in [0.15, 0.2) is 0 Å². The van der Waals surface area contributed by atoms with E-state index in [1.54, 1.807) is 0 Å². The van der Waals surface area contributed by atoms with E-state index in [1.165, 1.54) is 32.5 Å². The Kier molecular flexibility index (Phi) is 9.99. The Morgan fingerprint density at radius 1 is 1.12 bits per heavy atom. The molecule has 3 heteroatoms. The maximum absolute atomic E-state index is 5.54. The Balaban J connectivity index is 3.81. The maximum Gasteiger partial charge on any atom is 0.0109 e. The number of likely N-dealkylation sites (N-methyl/N-ethyl adjacent to an activating group) is 1. The van der Waals surface area contributed by atoms with Crippen LogP contribution in [-0.2, 0) is 0 Å². The van der Waals surface area contributed by atoms with Gasteiger partial charge in [0.05, 0.1) is 0 Å². The van der Waals surface area contributed by atoms with Crippen LogP contribution in [0.1, 0.15) is 33.1 Å². The summed E-state index contributed by atoms with van der Waals surface area (Å²) in [6.07, 6.45) is 3.67. The summed E-state index contributed by atoms with van der Waals surface area (Å²) < 4.78 is 0. The fourth-order valence-electron chi connectivity index (χ4n) is 1.95. The van der Waals surface area contributed by atoms with Gasteiger partial charge in [-0.05, 0) is 52.4 Å². The molecule has 0 aromatic rings. The summed E-state index contributed by atoms with van der Waals surface area (Å²) in [6, 6.07) is 0. The Hall–Kier alpha value is -0.120. The molecule has 0 heterocycles. The van der Waals surface area contributed by atoms with Gasteiger partial charge >= 0.3 is 0 Å². The normalized spacial score (nSPS) is 13.7. The van der Waals surface area contributed by atoms with Gasteiger partial charge < -0.3 is 15.5 Å². The third kappa shape index (κ3) is 9.13. The quantitative estimate of drug-likeness (QED) is 0.618. The van der Waals surface area contributed by atoms with Crippen LogP contribution < -0.4 is 5.73 Å². The average molecular weight is 229 g/mol. The van der Waals surface area contributed by atoms with Gasteiger partial charge in [-0.3, -0.25) is 0 Å². The van der Waals surface area contributed by atoms with Gasteiger partial charge in [0.15, 0.2) is 0 Å². The molecule has 0 amide bonds. The van der Waals surface area contributed by atoms with Gasteiger partial charge in [-0.1, -0.05) is 13.8 Å². The SMILES string of the molecule is CCCN(CCN(C)C)CC(C)CCCN. The van der Waals surface area contributed by atoms with E-state index in [2.05, 4.69) is 37.7 Å². The monoisotopic (exact) mass is 229 g/mol. The van der Waals surface area contributed by atoms with Crippen molar-refractivity contribution in [3.8, 4) is 0 Å². The molecular weight excluding hydrogens is 198 g/mol. The third-order valence-corrected chi connectivity index (χ3v) is 2.87. The van der Waals surface area contributed by atoms with Crippen molar-refractivity contribution in [1.82, 2.24) is 9.80 Å². The fourth-order valence-corrected chi connectivity index (χ4v) is 1.95. The van der Waals surface area contributed by atoms with Gasteiger partial charge in [-0.15, -0.1) is 0 Å². The molecule has 0 saturated carbocycles. The zero-order valence-electron chi connectivity index (χ0n) is 11.7. The highest BCUT2D eigenvalue weighted by Gasteiger charge is 2.09. The van der Waals surface area contributed by atoms with Crippen molar-refractivity contribution in [1.29, 1.82) is 0 Å². The van der Waals surface area contributed by atoms with Crippen molar-refractivity contribution in [3.63, 3.8) is 0 Å². The van der Waals surface area contributed by atoms with Crippen LogP contribution in [-0.4, -0.2) is 56.6 Å². The minimum atomic E-state index is 0.775. The molecule has 0 aliphatic rings. The third-order valence-electron chi connectivity index (χ3n) is 2.87. The van der Waals surface area contributed by atoms with E-state index in [-0.39, 0.29) is 0 Å². The standard InChI is InChI=1S/C13H31N3/c1-5-9-16(11-10-15(3)4)12-13(2)7-6-8-14/h13H,5-12,14H2,1-4H3. The van der Waals surface area contributed by atoms with Gasteiger partial charge in [-0.25, -0.2) is 0 Å². The molecule has 3 nitrogen and oxygen atoms in total. The molecule has 0 aliphatic heterocycles. The van der Waals surface area contributed by atoms with E-state index < -0.39 is 0 Å². The summed E-state index contributed by atoms with van der Waals surface area (Å²) in [5.74, 6) is 0.775. The Morgan fingerprint density at radius 2 is 1.81 bits per heavy atom. The van der Waals surface area contributed by atoms with Gasteiger partial charge in [0, 0.05) is 19.6 Å². The average Bonchev–Trinajstić information content (AvgIpc) is 2.23. The van der Waals surface area contributed by atoms with Gasteiger partial charge in [-0.2, -0.15) is 0 Å². The molecule has 0 radical (unpaired) electrons. The smallest absolute Gasteiger partial charge is 0.0109 e. The Labute approximate surface area is 102 Å². The molecule has 1 unspecified atom stereocenters. The first-order valence-corrected chi connectivity index (χ1v) is 6.67. The summed E-state index contributed by atoms with van der Waals surface area (Å²) in [5, 5.41) is 0. The second-order valence-electron chi connectivity index (χ2n) is 5.14. The van der Waals surface area contributed by atoms with E-state index in [0.717, 1.165) is 25.4 Å². The summed E-state index contributed by atoms with van der Waals surface area (Å²) in [6.45, 7) is 10.2. The summed E-state index contributed by atoms with van der Waals surface area (Å²) in [7, 11) is 4.28. The van der Waals surface area contributed by atoms with E-state index >= 15 is 0 Å². The predicted molar refractivity (Wildman–Crippen MR) is 72.7 cm³/mol. The lowest BCUT2D eigenvalue weighted by molar-refractivity contribution is 0.209. The molecule has 0 rings (SSSR count). The van der Waals surface area contributed by atoms with Crippen LogP contribution >= 0.6 is 0 Å². The molecule has 0 aromatic carbocycles. The molecule has 0 bridgehead atoms. The fraction of sp³-hybridized carbons (Fsp3) is 1.00. The van der Waals surface area contributed by atoms with Crippen molar-refractivity contribution in [2.45, 2.75) is 33.1 Å². The lowest BCUT2D eigenvalue weighted by Gasteiger charge is -2.26. The Bertz CT molecular complexity index is 148. The first-order chi connectivity index (χ1) is 7.60. The van der Waals surface area contributed by atoms with E-state index in [1.807, 2.05) is 0 Å². The number of hydrogen-bond acceptors (Lipinski definition) is 3. The molecule has 1 atom stereocenters. The predicted octanol–water partition coefficient (Wildman–Crippen LogP) is 1.64. The first-order valence-electron chi connectivity index (χ1n) is 6.67. The molecule has 16 heavy (non-hydrogen) atoms. The van der Waals surface area contributed by atoms with Crippen molar-refractivity contribution < 1.29 is 0 Å². The minimum absolute atomic E-state index is 0.775. The van der Waals surface area contributed by atoms with Crippen LogP contribution in [0.5, 0.6) is 0 Å². The highest BCUT2D eigenvalue weighted by atomic mass is 15.2. The molecular formula is C13H31N3. The van der Waals surface area contributed by atoms with Crippen molar-refractivity contribution in [3.05, 3.63) is 0 Å². The minimum Gasteiger partial charge on any atom is -0.330 e. The molecule has 0 aromatic heterocycles. The maximum atomic E-state index is 5.54. The molecule has 98 valence electrons. The van der Waals surface area contributed by atoms with Crippen molar-refractivity contribution in [2.75, 3.05) is 46.8 Å². The largest absolute Gasteiger partial charge is 0.330 e. The highest BCUT2D eigenvalue weighted by molar-refractivity contribution is 4.64. The second-order valence-corrected chi connectivity index (χ2v) is 5.14. The summed E-state index contributed by atoms with van der Waals surface area (Å²) in [4.78, 5) is 4.84. The van der Waals surface area contributed by atoms with Crippen LogP contribution in [0.3, 0.4) is 0 Å². The van der Waals surface area contributed by atoms with Crippen LogP contribution in [0.2, 0.25) is 0 Å².